The van der Waals surface area contributed by atoms with E-state index in [-0.39, 0.29) is 0 Å². The van der Waals surface area contributed by atoms with Gasteiger partial charge in [0.2, 0.25) is 0 Å². The monoisotopic (exact) mass is 452 g/mol. The van der Waals surface area contributed by atoms with Crippen LogP contribution in [0.2, 0.25) is 0 Å². The molecule has 0 saturated heterocycles. The first-order valence-electron chi connectivity index (χ1n) is 8.32. The third-order valence-corrected chi connectivity index (χ3v) is 6.75. The quantitative estimate of drug-likeness (QED) is 0.441. The molecule has 1 unspecified atom stereocenters. The number of pyridine rings is 1. The smallest absolute Gasteiger partial charge is 0.327 e. The lowest BCUT2D eigenvalue weighted by molar-refractivity contribution is 0.386. The average Bonchev–Trinajstić information content (AvgIpc) is 3.16. The summed E-state index contributed by atoms with van der Waals surface area (Å²) < 4.78 is 2.48. The summed E-state index contributed by atoms with van der Waals surface area (Å²) in [5.41, 5.74) is 5.45. The Hall–Kier alpha value is -0.585. The number of aromatic nitrogens is 2. The van der Waals surface area contributed by atoms with E-state index in [1.165, 1.54) is 24.6 Å². The van der Waals surface area contributed by atoms with Crippen molar-refractivity contribution in [1.29, 1.82) is 0 Å². The van der Waals surface area contributed by atoms with E-state index in [1.54, 1.807) is 6.20 Å². The Morgan fingerprint density at radius 1 is 1.38 bits per heavy atom. The fraction of sp³-hybridized carbons (Fsp3) is 0.471. The van der Waals surface area contributed by atoms with Crippen molar-refractivity contribution in [1.82, 2.24) is 9.55 Å². The highest BCUT2D eigenvalue weighted by atomic mass is 127. The van der Waals surface area contributed by atoms with Crippen molar-refractivity contribution < 1.29 is 5.02 Å². The lowest BCUT2D eigenvalue weighted by atomic mass is 9.85. The fourth-order valence-electron chi connectivity index (χ4n) is 4.12. The van der Waals surface area contributed by atoms with Crippen LogP contribution in [0, 0.1) is 5.41 Å². The van der Waals surface area contributed by atoms with E-state index in [0.29, 0.717) is 5.41 Å². The summed E-state index contributed by atoms with van der Waals surface area (Å²) in [7, 11) is 1.22. The number of rotatable bonds is 4. The van der Waals surface area contributed by atoms with Crippen LogP contribution in [0.5, 0.6) is 0 Å². The Kier molecular flexibility index (Phi) is 4.42. The second-order valence-electron chi connectivity index (χ2n) is 7.44. The van der Waals surface area contributed by atoms with Crippen molar-refractivity contribution in [2.24, 2.45) is 5.41 Å². The molecule has 125 valence electrons. The summed E-state index contributed by atoms with van der Waals surface area (Å²) in [6, 6.07) is 4.26. The SMILES string of the molecule is CC1(C)Cc2cc3n(c2C1)CCN3c1nccc([B]O)c1CPI. The number of hydrogen-bond acceptors (Lipinski definition) is 3. The molecule has 1 N–H and O–H groups in total. The molecule has 3 heterocycles. The maximum absolute atomic E-state index is 9.58. The molecule has 0 amide bonds. The van der Waals surface area contributed by atoms with Gasteiger partial charge < -0.3 is 14.5 Å². The lowest BCUT2D eigenvalue weighted by Gasteiger charge is -2.22. The zero-order valence-corrected chi connectivity index (χ0v) is 17.2. The predicted octanol–water partition coefficient (Wildman–Crippen LogP) is 2.92. The molecule has 0 fully saturated rings. The van der Waals surface area contributed by atoms with E-state index in [2.05, 4.69) is 56.4 Å². The van der Waals surface area contributed by atoms with Gasteiger partial charge in [0.05, 0.1) is 0 Å². The zero-order chi connectivity index (χ0) is 16.9. The summed E-state index contributed by atoms with van der Waals surface area (Å²) in [4.78, 5) is 7.02. The van der Waals surface area contributed by atoms with E-state index in [9.17, 15) is 5.02 Å². The molecule has 2 aliphatic rings. The van der Waals surface area contributed by atoms with Crippen molar-refractivity contribution >= 4 is 52.8 Å². The molecule has 0 spiro atoms. The second-order valence-corrected chi connectivity index (χ2v) is 10.3. The van der Waals surface area contributed by atoms with Gasteiger partial charge >= 0.3 is 7.48 Å². The van der Waals surface area contributed by atoms with Gasteiger partial charge in [-0.1, -0.05) is 42.1 Å². The van der Waals surface area contributed by atoms with E-state index >= 15 is 0 Å². The molecule has 4 rings (SSSR count). The van der Waals surface area contributed by atoms with Gasteiger partial charge in [0, 0.05) is 31.1 Å². The first-order valence-corrected chi connectivity index (χ1v) is 12.6. The van der Waals surface area contributed by atoms with Crippen molar-refractivity contribution in [3.05, 3.63) is 35.2 Å². The summed E-state index contributed by atoms with van der Waals surface area (Å²) in [6.45, 7) is 6.70. The summed E-state index contributed by atoms with van der Waals surface area (Å²) >= 11 is 2.41. The maximum atomic E-state index is 9.58. The molecule has 2 aromatic rings. The fourth-order valence-corrected chi connectivity index (χ4v) is 5.76. The van der Waals surface area contributed by atoms with Crippen LogP contribution in [-0.2, 0) is 25.5 Å². The lowest BCUT2D eigenvalue weighted by Crippen LogP contribution is -2.25. The molecule has 0 bridgehead atoms. The molecule has 1 aliphatic heterocycles. The molecule has 7 heteroatoms. The third kappa shape index (κ3) is 2.71. The second kappa shape index (κ2) is 6.29. The van der Waals surface area contributed by atoms with E-state index in [4.69, 9.17) is 0 Å². The van der Waals surface area contributed by atoms with Crippen LogP contribution in [0.1, 0.15) is 30.7 Å². The number of fused-ring (bicyclic) bond motifs is 3. The van der Waals surface area contributed by atoms with Crippen LogP contribution in [0.15, 0.2) is 18.3 Å². The van der Waals surface area contributed by atoms with Gasteiger partial charge in [0.25, 0.3) is 0 Å². The molecular weight excluding hydrogens is 431 g/mol. The molecular formula is C17H21BIN3OP. The molecule has 0 aromatic carbocycles. The number of hydrogen-bond donors (Lipinski definition) is 1. The van der Waals surface area contributed by atoms with Crippen LogP contribution >= 0.6 is 28.3 Å². The molecule has 4 nitrogen and oxygen atoms in total. The van der Waals surface area contributed by atoms with E-state index in [0.717, 1.165) is 55.2 Å². The molecule has 1 aliphatic carbocycles. The van der Waals surface area contributed by atoms with E-state index < -0.39 is 0 Å². The minimum atomic E-state index is 0.387. The van der Waals surface area contributed by atoms with Gasteiger partial charge in [-0.3, -0.25) is 0 Å². The van der Waals surface area contributed by atoms with Crippen LogP contribution in [-0.4, -0.2) is 28.6 Å². The molecule has 1 atom stereocenters. The zero-order valence-electron chi connectivity index (χ0n) is 14.0. The highest BCUT2D eigenvalue weighted by Gasteiger charge is 2.36. The van der Waals surface area contributed by atoms with Crippen LogP contribution < -0.4 is 10.4 Å². The number of nitrogens with zero attached hydrogens (tertiary/aromatic N) is 3. The van der Waals surface area contributed by atoms with Crippen LogP contribution in [0.25, 0.3) is 0 Å². The van der Waals surface area contributed by atoms with Gasteiger partial charge in [-0.05, 0) is 47.0 Å². The Labute approximate surface area is 158 Å². The minimum Gasteiger partial charge on any atom is -0.450 e. The van der Waals surface area contributed by atoms with Gasteiger partial charge in [0.15, 0.2) is 0 Å². The van der Waals surface area contributed by atoms with Gasteiger partial charge in [-0.15, -0.1) is 0 Å². The number of halogens is 1. The molecule has 1 radical (unpaired) electrons. The Bertz CT molecular complexity index is 792. The minimum absolute atomic E-state index is 0.387. The first kappa shape index (κ1) is 16.9. The molecule has 24 heavy (non-hydrogen) atoms. The normalized spacial score (nSPS) is 18.4. The topological polar surface area (TPSA) is 41.3 Å². The Morgan fingerprint density at radius 3 is 2.96 bits per heavy atom. The van der Waals surface area contributed by atoms with E-state index in [1.807, 2.05) is 6.07 Å². The third-order valence-electron chi connectivity index (χ3n) is 5.12. The van der Waals surface area contributed by atoms with Crippen LogP contribution in [0.3, 0.4) is 0 Å². The van der Waals surface area contributed by atoms with Crippen molar-refractivity contribution in [3.63, 3.8) is 0 Å². The average molecular weight is 452 g/mol. The molecule has 0 saturated carbocycles. The number of anilines is 2. The molecule has 2 aromatic heterocycles. The van der Waals surface area contributed by atoms with Crippen LogP contribution in [0.4, 0.5) is 11.6 Å². The highest BCUT2D eigenvalue weighted by Crippen LogP contribution is 2.44. The van der Waals surface area contributed by atoms with Crippen molar-refractivity contribution in [2.45, 2.75) is 39.4 Å². The summed E-state index contributed by atoms with van der Waals surface area (Å²) in [6.07, 6.45) is 5.85. The standard InChI is InChI=1S/C17H21BIN3OP/c1-17(2)8-11-7-15-21(14(11)9-17)5-6-22(15)16-12(10-24-19)13(18-23)3-4-20-16/h3-4,7,23-24H,5-6,8-10H2,1-2H3. The van der Waals surface area contributed by atoms with Gasteiger partial charge in [-0.25, -0.2) is 4.98 Å². The maximum Gasteiger partial charge on any atom is 0.327 e. The highest BCUT2D eigenvalue weighted by molar-refractivity contribution is 14.2. The van der Waals surface area contributed by atoms with Gasteiger partial charge in [-0.2, -0.15) is 0 Å². The van der Waals surface area contributed by atoms with Crippen molar-refractivity contribution in [2.75, 3.05) is 11.4 Å². The Morgan fingerprint density at radius 2 is 2.21 bits per heavy atom. The predicted molar refractivity (Wildman–Crippen MR) is 111 cm³/mol. The van der Waals surface area contributed by atoms with Gasteiger partial charge in [0.1, 0.15) is 11.6 Å². The van der Waals surface area contributed by atoms with Crippen molar-refractivity contribution in [3.8, 4) is 0 Å². The summed E-state index contributed by atoms with van der Waals surface area (Å²) in [5.74, 6) is 2.28. The largest absolute Gasteiger partial charge is 0.450 e. The summed E-state index contributed by atoms with van der Waals surface area (Å²) in [5, 5.41) is 9.58. The first-order chi connectivity index (χ1) is 11.5. The Balaban J connectivity index is 1.75.